The number of hydrogen-bond acceptors (Lipinski definition) is 3. The first-order valence-electron chi connectivity index (χ1n) is 6.80. The van der Waals surface area contributed by atoms with E-state index in [-0.39, 0.29) is 6.04 Å². The maximum absolute atomic E-state index is 12.3. The predicted molar refractivity (Wildman–Crippen MR) is 68.6 cm³/mol. The molecule has 2 fully saturated rings. The molecule has 0 aromatic carbocycles. The Bertz CT molecular complexity index is 280. The largest absolute Gasteiger partial charge is 0.324 e. The standard InChI is InChI=1S/C13H25N3O/c1-10(2)7-12-13(17)16(9-14-12)11-5-4-6-15(3)8-11/h10-12,14H,4-9H2,1-3H3. The Labute approximate surface area is 104 Å². The van der Waals surface area contributed by atoms with Crippen LogP contribution in [0.1, 0.15) is 33.1 Å². The van der Waals surface area contributed by atoms with Gasteiger partial charge in [0.15, 0.2) is 0 Å². The molecule has 1 N–H and O–H groups in total. The lowest BCUT2D eigenvalue weighted by Crippen LogP contribution is -2.48. The first kappa shape index (κ1) is 12.8. The monoisotopic (exact) mass is 239 g/mol. The summed E-state index contributed by atoms with van der Waals surface area (Å²) in [6.45, 7) is 7.29. The first-order valence-corrected chi connectivity index (χ1v) is 6.80. The second-order valence-electron chi connectivity index (χ2n) is 5.91. The highest BCUT2D eigenvalue weighted by atomic mass is 16.2. The predicted octanol–water partition coefficient (Wildman–Crippen LogP) is 0.885. The van der Waals surface area contributed by atoms with Crippen LogP contribution in [-0.2, 0) is 4.79 Å². The third-order valence-corrected chi connectivity index (χ3v) is 3.84. The molecule has 0 saturated carbocycles. The highest BCUT2D eigenvalue weighted by Crippen LogP contribution is 2.20. The zero-order valence-corrected chi connectivity index (χ0v) is 11.3. The topological polar surface area (TPSA) is 35.6 Å². The Hall–Kier alpha value is -0.610. The zero-order chi connectivity index (χ0) is 12.4. The fourth-order valence-electron chi connectivity index (χ4n) is 2.93. The van der Waals surface area contributed by atoms with Gasteiger partial charge in [0.05, 0.1) is 12.7 Å². The Morgan fingerprint density at radius 2 is 2.24 bits per heavy atom. The minimum atomic E-state index is 0.0576. The van der Waals surface area contributed by atoms with Crippen molar-refractivity contribution in [2.75, 3.05) is 26.8 Å². The van der Waals surface area contributed by atoms with E-state index in [2.05, 4.69) is 36.0 Å². The van der Waals surface area contributed by atoms with Crippen LogP contribution < -0.4 is 5.32 Å². The van der Waals surface area contributed by atoms with E-state index in [4.69, 9.17) is 0 Å². The molecule has 1 amide bonds. The van der Waals surface area contributed by atoms with Gasteiger partial charge in [-0.1, -0.05) is 13.8 Å². The number of amides is 1. The fourth-order valence-corrected chi connectivity index (χ4v) is 2.93. The van der Waals surface area contributed by atoms with Crippen molar-refractivity contribution in [1.29, 1.82) is 0 Å². The summed E-state index contributed by atoms with van der Waals surface area (Å²) in [5, 5.41) is 3.36. The first-order chi connectivity index (χ1) is 8.08. The molecule has 0 bridgehead atoms. The number of likely N-dealkylation sites (N-methyl/N-ethyl adjacent to an activating group) is 1. The van der Waals surface area contributed by atoms with Crippen molar-refractivity contribution in [2.45, 2.75) is 45.2 Å². The molecule has 98 valence electrons. The van der Waals surface area contributed by atoms with Crippen LogP contribution in [0, 0.1) is 5.92 Å². The van der Waals surface area contributed by atoms with Crippen molar-refractivity contribution < 1.29 is 4.79 Å². The minimum Gasteiger partial charge on any atom is -0.324 e. The molecular weight excluding hydrogens is 214 g/mol. The van der Waals surface area contributed by atoms with Crippen molar-refractivity contribution in [3.63, 3.8) is 0 Å². The second-order valence-corrected chi connectivity index (χ2v) is 5.91. The Kier molecular flexibility index (Phi) is 4.05. The lowest BCUT2D eigenvalue weighted by atomic mass is 10.0. The zero-order valence-electron chi connectivity index (χ0n) is 11.3. The van der Waals surface area contributed by atoms with Crippen LogP contribution in [0.4, 0.5) is 0 Å². The van der Waals surface area contributed by atoms with E-state index in [1.165, 1.54) is 13.0 Å². The molecule has 2 unspecified atom stereocenters. The number of likely N-dealkylation sites (tertiary alicyclic amines) is 1. The van der Waals surface area contributed by atoms with Gasteiger partial charge in [-0.05, 0) is 38.8 Å². The minimum absolute atomic E-state index is 0.0576. The van der Waals surface area contributed by atoms with Gasteiger partial charge in [0.25, 0.3) is 0 Å². The van der Waals surface area contributed by atoms with Gasteiger partial charge in [-0.25, -0.2) is 0 Å². The third kappa shape index (κ3) is 2.99. The van der Waals surface area contributed by atoms with Crippen LogP contribution in [0.3, 0.4) is 0 Å². The van der Waals surface area contributed by atoms with E-state index in [1.54, 1.807) is 0 Å². The van der Waals surface area contributed by atoms with Gasteiger partial charge >= 0.3 is 0 Å². The summed E-state index contributed by atoms with van der Waals surface area (Å²) in [5.74, 6) is 0.893. The van der Waals surface area contributed by atoms with E-state index in [1.807, 2.05) is 0 Å². The van der Waals surface area contributed by atoms with Crippen LogP contribution in [0.15, 0.2) is 0 Å². The van der Waals surface area contributed by atoms with Crippen LogP contribution in [0.25, 0.3) is 0 Å². The average Bonchev–Trinajstić information content (AvgIpc) is 2.60. The van der Waals surface area contributed by atoms with Crippen LogP contribution in [0.2, 0.25) is 0 Å². The average molecular weight is 239 g/mol. The normalized spacial score (nSPS) is 31.5. The van der Waals surface area contributed by atoms with Crippen LogP contribution in [-0.4, -0.2) is 54.6 Å². The number of rotatable bonds is 3. The molecule has 2 rings (SSSR count). The Morgan fingerprint density at radius 3 is 2.88 bits per heavy atom. The van der Waals surface area contributed by atoms with E-state index < -0.39 is 0 Å². The van der Waals surface area contributed by atoms with Crippen molar-refractivity contribution in [1.82, 2.24) is 15.1 Å². The van der Waals surface area contributed by atoms with Crippen molar-refractivity contribution in [2.24, 2.45) is 5.92 Å². The summed E-state index contributed by atoms with van der Waals surface area (Å²) in [7, 11) is 2.14. The summed E-state index contributed by atoms with van der Waals surface area (Å²) >= 11 is 0. The molecule has 0 aliphatic carbocycles. The van der Waals surface area contributed by atoms with Gasteiger partial charge in [-0.2, -0.15) is 0 Å². The molecule has 0 aromatic rings. The van der Waals surface area contributed by atoms with Crippen molar-refractivity contribution >= 4 is 5.91 Å². The molecule has 4 nitrogen and oxygen atoms in total. The summed E-state index contributed by atoms with van der Waals surface area (Å²) in [5.41, 5.74) is 0. The molecule has 2 aliphatic rings. The van der Waals surface area contributed by atoms with Crippen molar-refractivity contribution in [3.05, 3.63) is 0 Å². The summed E-state index contributed by atoms with van der Waals surface area (Å²) in [6, 6.07) is 0.480. The summed E-state index contributed by atoms with van der Waals surface area (Å²) in [6.07, 6.45) is 3.32. The maximum atomic E-state index is 12.3. The summed E-state index contributed by atoms with van der Waals surface area (Å²) < 4.78 is 0. The molecule has 2 aliphatic heterocycles. The van der Waals surface area contributed by atoms with Gasteiger partial charge in [0.2, 0.25) is 5.91 Å². The number of carbonyl (C=O) groups excluding carboxylic acids is 1. The van der Waals surface area contributed by atoms with E-state index in [0.29, 0.717) is 17.9 Å². The highest BCUT2D eigenvalue weighted by molar-refractivity contribution is 5.84. The van der Waals surface area contributed by atoms with Crippen LogP contribution >= 0.6 is 0 Å². The molecule has 0 radical (unpaired) electrons. The van der Waals surface area contributed by atoms with E-state index in [9.17, 15) is 4.79 Å². The smallest absolute Gasteiger partial charge is 0.241 e. The molecule has 4 heteroatoms. The van der Waals surface area contributed by atoms with Crippen LogP contribution in [0.5, 0.6) is 0 Å². The fraction of sp³-hybridized carbons (Fsp3) is 0.923. The van der Waals surface area contributed by atoms with Gasteiger partial charge in [0.1, 0.15) is 0 Å². The number of nitrogens with one attached hydrogen (secondary N) is 1. The number of nitrogens with zero attached hydrogens (tertiary/aromatic N) is 2. The molecule has 0 spiro atoms. The Morgan fingerprint density at radius 1 is 1.47 bits per heavy atom. The number of piperidine rings is 1. The molecule has 0 aromatic heterocycles. The second kappa shape index (κ2) is 5.36. The summed E-state index contributed by atoms with van der Waals surface area (Å²) in [4.78, 5) is 16.7. The molecule has 2 atom stereocenters. The quantitative estimate of drug-likeness (QED) is 0.794. The third-order valence-electron chi connectivity index (χ3n) is 3.84. The van der Waals surface area contributed by atoms with Gasteiger partial charge in [-0.3, -0.25) is 10.1 Å². The lowest BCUT2D eigenvalue weighted by Gasteiger charge is -2.35. The Balaban J connectivity index is 1.92. The van der Waals surface area contributed by atoms with Gasteiger partial charge in [-0.15, -0.1) is 0 Å². The van der Waals surface area contributed by atoms with Gasteiger partial charge in [0, 0.05) is 12.6 Å². The van der Waals surface area contributed by atoms with E-state index >= 15 is 0 Å². The molecular formula is C13H25N3O. The maximum Gasteiger partial charge on any atom is 0.241 e. The molecule has 17 heavy (non-hydrogen) atoms. The SMILES string of the molecule is CC(C)CC1NCN(C2CCCN(C)C2)C1=O. The lowest BCUT2D eigenvalue weighted by molar-refractivity contribution is -0.132. The van der Waals surface area contributed by atoms with Gasteiger partial charge < -0.3 is 9.80 Å². The highest BCUT2D eigenvalue weighted by Gasteiger charge is 2.36. The number of hydrogen-bond donors (Lipinski definition) is 1. The number of carbonyl (C=O) groups is 1. The molecule has 2 heterocycles. The van der Waals surface area contributed by atoms with E-state index in [0.717, 1.165) is 26.1 Å². The molecule has 2 saturated heterocycles. The van der Waals surface area contributed by atoms with Crippen molar-refractivity contribution in [3.8, 4) is 0 Å².